The standard InChI is InChI=1S/C10H9BrN2O3/c11-8-5-7(12-6-14)1-2-9(8)13-3-4-16-10(13)15/h1-2,5-6H,3-4H2,(H,12,14). The number of carbonyl (C=O) groups is 2. The molecule has 1 saturated heterocycles. The first kappa shape index (κ1) is 10.9. The summed E-state index contributed by atoms with van der Waals surface area (Å²) < 4.78 is 5.58. The van der Waals surface area contributed by atoms with Crippen molar-refractivity contribution >= 4 is 39.8 Å². The Balaban J connectivity index is 2.28. The lowest BCUT2D eigenvalue weighted by molar-refractivity contribution is -0.105. The smallest absolute Gasteiger partial charge is 0.414 e. The van der Waals surface area contributed by atoms with Crippen LogP contribution in [0.2, 0.25) is 0 Å². The van der Waals surface area contributed by atoms with Crippen LogP contribution < -0.4 is 10.2 Å². The summed E-state index contributed by atoms with van der Waals surface area (Å²) in [6.07, 6.45) is 0.253. The predicted octanol–water partition coefficient (Wildman–Crippen LogP) is 1.97. The molecule has 1 heterocycles. The summed E-state index contributed by atoms with van der Waals surface area (Å²) in [7, 11) is 0. The van der Waals surface area contributed by atoms with Gasteiger partial charge in [0, 0.05) is 10.2 Å². The summed E-state index contributed by atoms with van der Waals surface area (Å²) in [6, 6.07) is 5.21. The summed E-state index contributed by atoms with van der Waals surface area (Å²) in [6.45, 7) is 0.942. The van der Waals surface area contributed by atoms with Gasteiger partial charge < -0.3 is 10.1 Å². The van der Waals surface area contributed by atoms with E-state index in [1.54, 1.807) is 18.2 Å². The fourth-order valence-corrected chi connectivity index (χ4v) is 2.09. The zero-order valence-corrected chi connectivity index (χ0v) is 9.86. The molecule has 1 N–H and O–H groups in total. The van der Waals surface area contributed by atoms with Gasteiger partial charge in [-0.1, -0.05) is 0 Å². The lowest BCUT2D eigenvalue weighted by atomic mass is 10.2. The first-order valence-electron chi connectivity index (χ1n) is 4.66. The van der Waals surface area contributed by atoms with E-state index < -0.39 is 0 Å². The maximum atomic E-state index is 11.3. The number of hydrogen-bond acceptors (Lipinski definition) is 3. The van der Waals surface area contributed by atoms with Gasteiger partial charge in [-0.15, -0.1) is 0 Å². The Morgan fingerprint density at radius 2 is 2.31 bits per heavy atom. The maximum Gasteiger partial charge on any atom is 0.414 e. The first-order chi connectivity index (χ1) is 7.72. The van der Waals surface area contributed by atoms with Crippen LogP contribution in [0.3, 0.4) is 0 Å². The van der Waals surface area contributed by atoms with E-state index in [1.165, 1.54) is 4.90 Å². The summed E-state index contributed by atoms with van der Waals surface area (Å²) in [5.74, 6) is 0. The lowest BCUT2D eigenvalue weighted by Crippen LogP contribution is -2.23. The normalized spacial score (nSPS) is 14.8. The van der Waals surface area contributed by atoms with E-state index >= 15 is 0 Å². The monoisotopic (exact) mass is 284 g/mol. The van der Waals surface area contributed by atoms with Gasteiger partial charge in [-0.3, -0.25) is 9.69 Å². The van der Waals surface area contributed by atoms with Gasteiger partial charge in [0.15, 0.2) is 0 Å². The minimum Gasteiger partial charge on any atom is -0.447 e. The summed E-state index contributed by atoms with van der Waals surface area (Å²) >= 11 is 3.35. The Morgan fingerprint density at radius 3 is 2.88 bits per heavy atom. The van der Waals surface area contributed by atoms with Crippen molar-refractivity contribution in [1.82, 2.24) is 0 Å². The molecule has 2 rings (SSSR count). The van der Waals surface area contributed by atoms with Crippen molar-refractivity contribution in [3.63, 3.8) is 0 Å². The fraction of sp³-hybridized carbons (Fsp3) is 0.200. The summed E-state index contributed by atoms with van der Waals surface area (Å²) in [5, 5.41) is 2.53. The van der Waals surface area contributed by atoms with Crippen molar-refractivity contribution in [2.75, 3.05) is 23.4 Å². The van der Waals surface area contributed by atoms with Gasteiger partial charge >= 0.3 is 6.09 Å². The Labute approximate surface area is 100 Å². The quantitative estimate of drug-likeness (QED) is 0.864. The van der Waals surface area contributed by atoms with E-state index in [-0.39, 0.29) is 6.09 Å². The molecule has 1 aromatic carbocycles. The molecule has 1 aliphatic heterocycles. The largest absolute Gasteiger partial charge is 0.447 e. The van der Waals surface area contributed by atoms with Gasteiger partial charge in [0.25, 0.3) is 0 Å². The molecule has 5 nitrogen and oxygen atoms in total. The van der Waals surface area contributed by atoms with Crippen LogP contribution in [0, 0.1) is 0 Å². The van der Waals surface area contributed by atoms with Crippen LogP contribution in [0.15, 0.2) is 22.7 Å². The van der Waals surface area contributed by atoms with Gasteiger partial charge in [-0.25, -0.2) is 4.79 Å². The molecule has 0 spiro atoms. The molecular weight excluding hydrogens is 276 g/mol. The molecule has 1 fully saturated rings. The zero-order valence-electron chi connectivity index (χ0n) is 8.27. The number of cyclic esters (lactones) is 1. The van der Waals surface area contributed by atoms with Crippen molar-refractivity contribution in [1.29, 1.82) is 0 Å². The van der Waals surface area contributed by atoms with Crippen molar-refractivity contribution in [3.8, 4) is 0 Å². The zero-order chi connectivity index (χ0) is 11.5. The number of amides is 2. The van der Waals surface area contributed by atoms with Crippen LogP contribution in [0.5, 0.6) is 0 Å². The highest BCUT2D eigenvalue weighted by Crippen LogP contribution is 2.30. The third kappa shape index (κ3) is 2.01. The molecule has 1 aliphatic rings. The Hall–Kier alpha value is -1.56. The number of hydrogen-bond donors (Lipinski definition) is 1. The Bertz CT molecular complexity index is 436. The molecule has 1 aromatic rings. The van der Waals surface area contributed by atoms with Crippen LogP contribution in [0.1, 0.15) is 0 Å². The van der Waals surface area contributed by atoms with E-state index in [0.29, 0.717) is 25.2 Å². The Kier molecular flexibility index (Phi) is 3.09. The van der Waals surface area contributed by atoms with Crippen molar-refractivity contribution in [2.24, 2.45) is 0 Å². The molecule has 16 heavy (non-hydrogen) atoms. The number of benzene rings is 1. The van der Waals surface area contributed by atoms with Crippen LogP contribution >= 0.6 is 15.9 Å². The first-order valence-corrected chi connectivity index (χ1v) is 5.45. The third-order valence-corrected chi connectivity index (χ3v) is 2.86. The second kappa shape index (κ2) is 4.52. The molecule has 6 heteroatoms. The van der Waals surface area contributed by atoms with Crippen molar-refractivity contribution < 1.29 is 14.3 Å². The number of ether oxygens (including phenoxy) is 1. The minimum absolute atomic E-state index is 0.350. The van der Waals surface area contributed by atoms with E-state index in [9.17, 15) is 9.59 Å². The topological polar surface area (TPSA) is 58.6 Å². The molecule has 2 amide bonds. The number of carbonyl (C=O) groups excluding carboxylic acids is 2. The molecule has 84 valence electrons. The molecular formula is C10H9BrN2O3. The Morgan fingerprint density at radius 1 is 1.50 bits per heavy atom. The lowest BCUT2D eigenvalue weighted by Gasteiger charge is -2.15. The molecule has 0 aliphatic carbocycles. The minimum atomic E-state index is -0.350. The predicted molar refractivity (Wildman–Crippen MR) is 62.5 cm³/mol. The van der Waals surface area contributed by atoms with Gasteiger partial charge in [-0.05, 0) is 34.1 Å². The van der Waals surface area contributed by atoms with Crippen molar-refractivity contribution in [2.45, 2.75) is 0 Å². The number of nitrogens with one attached hydrogen (secondary N) is 1. The molecule has 0 aromatic heterocycles. The summed E-state index contributed by atoms with van der Waals surface area (Å²) in [4.78, 5) is 23.2. The van der Waals surface area contributed by atoms with Gasteiger partial charge in [0.05, 0.1) is 12.2 Å². The number of nitrogens with zero attached hydrogens (tertiary/aromatic N) is 1. The molecule has 0 unspecified atom stereocenters. The van der Waals surface area contributed by atoms with Crippen LogP contribution in [0.25, 0.3) is 0 Å². The highest BCUT2D eigenvalue weighted by atomic mass is 79.9. The molecule has 0 atom stereocenters. The fourth-order valence-electron chi connectivity index (χ4n) is 1.50. The molecule has 0 radical (unpaired) electrons. The van der Waals surface area contributed by atoms with Gasteiger partial charge in [0.1, 0.15) is 6.61 Å². The molecule has 0 saturated carbocycles. The van der Waals surface area contributed by atoms with Crippen LogP contribution in [-0.4, -0.2) is 25.7 Å². The second-order valence-corrected chi connectivity index (χ2v) is 4.05. The second-order valence-electron chi connectivity index (χ2n) is 3.19. The summed E-state index contributed by atoms with van der Waals surface area (Å²) in [5.41, 5.74) is 1.40. The molecule has 0 bridgehead atoms. The van der Waals surface area contributed by atoms with E-state index in [0.717, 1.165) is 10.2 Å². The van der Waals surface area contributed by atoms with Gasteiger partial charge in [-0.2, -0.15) is 0 Å². The van der Waals surface area contributed by atoms with E-state index in [4.69, 9.17) is 4.74 Å². The van der Waals surface area contributed by atoms with Crippen LogP contribution in [0.4, 0.5) is 16.2 Å². The average Bonchev–Trinajstić information content (AvgIpc) is 2.65. The average molecular weight is 285 g/mol. The highest BCUT2D eigenvalue weighted by molar-refractivity contribution is 9.10. The van der Waals surface area contributed by atoms with E-state index in [2.05, 4.69) is 21.2 Å². The highest BCUT2D eigenvalue weighted by Gasteiger charge is 2.25. The third-order valence-electron chi connectivity index (χ3n) is 2.22. The van der Waals surface area contributed by atoms with Crippen molar-refractivity contribution in [3.05, 3.63) is 22.7 Å². The number of anilines is 2. The number of rotatable bonds is 3. The maximum absolute atomic E-state index is 11.3. The van der Waals surface area contributed by atoms with E-state index in [1.807, 2.05) is 0 Å². The SMILES string of the molecule is O=CNc1ccc(N2CCOC2=O)c(Br)c1. The number of halogens is 1. The van der Waals surface area contributed by atoms with Crippen LogP contribution in [-0.2, 0) is 9.53 Å². The van der Waals surface area contributed by atoms with Gasteiger partial charge in [0.2, 0.25) is 6.41 Å².